The molecule has 2 aromatic heterocycles. The lowest BCUT2D eigenvalue weighted by Gasteiger charge is -2.16. The largest absolute Gasteiger partial charge is 0.858 e. The summed E-state index contributed by atoms with van der Waals surface area (Å²) in [5.41, 5.74) is 1.94. The number of benzene rings is 2. The van der Waals surface area contributed by atoms with Gasteiger partial charge in [-0.15, -0.1) is 0 Å². The zero-order chi connectivity index (χ0) is 27.4. The first-order valence-corrected chi connectivity index (χ1v) is 12.8. The first kappa shape index (κ1) is 25.0. The van der Waals surface area contributed by atoms with Gasteiger partial charge < -0.3 is 14.6 Å². The van der Waals surface area contributed by atoms with Crippen molar-refractivity contribution in [1.82, 2.24) is 9.78 Å². The maximum Gasteiger partial charge on any atom is 0.331 e. The second kappa shape index (κ2) is 9.44. The predicted octanol–water partition coefficient (Wildman–Crippen LogP) is 4.08. The summed E-state index contributed by atoms with van der Waals surface area (Å²) in [6.07, 6.45) is 3.72. The SMILES string of the molecule is CCc1nn(-c2ccc(Cl)c(Cl)c2)c([O-])c1C1=C([n+]2cccc(C)c2)C(=O)N(c2ccc3c(c2)OCO3)C1=O. The van der Waals surface area contributed by atoms with Crippen LogP contribution in [0.1, 0.15) is 23.7 Å². The lowest BCUT2D eigenvalue weighted by molar-refractivity contribution is -0.577. The minimum Gasteiger partial charge on any atom is -0.858 e. The molecule has 2 aromatic carbocycles. The van der Waals surface area contributed by atoms with Gasteiger partial charge in [0.05, 0.1) is 27.1 Å². The fraction of sp³-hybridized carbons (Fsp3) is 0.143. The molecule has 0 N–H and O–H groups in total. The van der Waals surface area contributed by atoms with Crippen molar-refractivity contribution in [3.8, 4) is 23.1 Å². The molecule has 39 heavy (non-hydrogen) atoms. The summed E-state index contributed by atoms with van der Waals surface area (Å²) in [5, 5.41) is 19.0. The molecule has 11 heteroatoms. The van der Waals surface area contributed by atoms with Crippen molar-refractivity contribution in [2.45, 2.75) is 20.3 Å². The molecule has 0 radical (unpaired) electrons. The highest BCUT2D eigenvalue weighted by Gasteiger charge is 2.47. The van der Waals surface area contributed by atoms with Gasteiger partial charge in [0.25, 0.3) is 11.6 Å². The van der Waals surface area contributed by atoms with E-state index >= 15 is 0 Å². The molecule has 2 aliphatic heterocycles. The minimum absolute atomic E-state index is 0.0403. The predicted molar refractivity (Wildman–Crippen MR) is 142 cm³/mol. The number of halogens is 2. The third kappa shape index (κ3) is 4.02. The molecule has 0 fully saturated rings. The van der Waals surface area contributed by atoms with E-state index in [1.54, 1.807) is 53.4 Å². The molecule has 0 saturated carbocycles. The van der Waals surface area contributed by atoms with Crippen molar-refractivity contribution >= 4 is 52.0 Å². The molecule has 4 aromatic rings. The monoisotopic (exact) mass is 562 g/mol. The standard InChI is InChI=1S/C28H20Cl2N4O5/c1-3-20-23(27(36)34(31-20)17-6-8-18(29)19(30)11-17)24-25(32-10-4-5-15(2)13-32)28(37)33(26(24)35)16-7-9-21-22(12-16)39-14-38-21/h4-13H,3,14H2,1-2H3. The molecular weight excluding hydrogens is 543 g/mol. The normalized spacial score (nSPS) is 14.6. The van der Waals surface area contributed by atoms with Gasteiger partial charge in [-0.1, -0.05) is 30.1 Å². The lowest BCUT2D eigenvalue weighted by atomic mass is 10.0. The van der Waals surface area contributed by atoms with E-state index in [2.05, 4.69) is 5.10 Å². The van der Waals surface area contributed by atoms with Gasteiger partial charge in [0.15, 0.2) is 23.9 Å². The van der Waals surface area contributed by atoms with E-state index in [1.807, 2.05) is 19.9 Å². The third-order valence-electron chi connectivity index (χ3n) is 6.53. The molecule has 0 unspecified atom stereocenters. The second-order valence-corrected chi connectivity index (χ2v) is 9.80. The molecule has 6 rings (SSSR count). The first-order chi connectivity index (χ1) is 18.8. The van der Waals surface area contributed by atoms with Crippen molar-refractivity contribution in [3.63, 3.8) is 0 Å². The van der Waals surface area contributed by atoms with Gasteiger partial charge in [-0.05, 0) is 55.6 Å². The maximum absolute atomic E-state index is 14.1. The number of pyridine rings is 1. The fourth-order valence-electron chi connectivity index (χ4n) is 4.71. The number of amides is 2. The van der Waals surface area contributed by atoms with Crippen LogP contribution in [-0.4, -0.2) is 28.4 Å². The highest BCUT2D eigenvalue weighted by atomic mass is 35.5. The van der Waals surface area contributed by atoms with Crippen LogP contribution in [0.3, 0.4) is 0 Å². The number of carbonyl (C=O) groups is 2. The van der Waals surface area contributed by atoms with Crippen LogP contribution in [0, 0.1) is 6.92 Å². The lowest BCUT2D eigenvalue weighted by Crippen LogP contribution is -2.39. The third-order valence-corrected chi connectivity index (χ3v) is 7.27. The quantitative estimate of drug-likeness (QED) is 0.268. The average molecular weight is 563 g/mol. The van der Waals surface area contributed by atoms with Gasteiger partial charge in [-0.2, -0.15) is 9.67 Å². The van der Waals surface area contributed by atoms with Crippen molar-refractivity contribution in [2.24, 2.45) is 0 Å². The van der Waals surface area contributed by atoms with E-state index in [0.29, 0.717) is 34.3 Å². The molecule has 0 saturated heterocycles. The Morgan fingerprint density at radius 2 is 1.77 bits per heavy atom. The van der Waals surface area contributed by atoms with E-state index in [-0.39, 0.29) is 34.3 Å². The Labute approximate surface area is 233 Å². The van der Waals surface area contributed by atoms with Crippen molar-refractivity contribution in [3.05, 3.63) is 87.8 Å². The number of imide groups is 1. The number of rotatable bonds is 5. The average Bonchev–Trinajstić information content (AvgIpc) is 3.58. The van der Waals surface area contributed by atoms with Crippen LogP contribution >= 0.6 is 23.2 Å². The Bertz CT molecular complexity index is 1730. The number of hydrogen-bond donors (Lipinski definition) is 0. The Morgan fingerprint density at radius 1 is 1.00 bits per heavy atom. The van der Waals surface area contributed by atoms with Gasteiger partial charge in [-0.25, -0.2) is 9.58 Å². The Kier molecular flexibility index (Phi) is 6.05. The summed E-state index contributed by atoms with van der Waals surface area (Å²) in [5.74, 6) is -0.869. The smallest absolute Gasteiger partial charge is 0.331 e. The number of hydrogen-bond acceptors (Lipinski definition) is 6. The van der Waals surface area contributed by atoms with E-state index in [0.717, 1.165) is 10.5 Å². The minimum atomic E-state index is -0.650. The highest BCUT2D eigenvalue weighted by molar-refractivity contribution is 6.53. The van der Waals surface area contributed by atoms with E-state index in [1.165, 1.54) is 10.7 Å². The van der Waals surface area contributed by atoms with Crippen LogP contribution < -0.4 is 24.0 Å². The molecule has 4 heterocycles. The summed E-state index contributed by atoms with van der Waals surface area (Å²) in [7, 11) is 0. The summed E-state index contributed by atoms with van der Waals surface area (Å²) >= 11 is 12.3. The number of ether oxygens (including phenoxy) is 2. The molecule has 2 amide bonds. The summed E-state index contributed by atoms with van der Waals surface area (Å²) in [6, 6.07) is 13.1. The van der Waals surface area contributed by atoms with Crippen molar-refractivity contribution in [1.29, 1.82) is 0 Å². The molecule has 9 nitrogen and oxygen atoms in total. The van der Waals surface area contributed by atoms with Crippen LogP contribution in [0.5, 0.6) is 17.4 Å². The summed E-state index contributed by atoms with van der Waals surface area (Å²) in [6.45, 7) is 3.73. The molecule has 0 bridgehead atoms. The Hall–Kier alpha value is -4.34. The Balaban J connectivity index is 1.57. The number of fused-ring (bicyclic) bond motifs is 1. The van der Waals surface area contributed by atoms with E-state index < -0.39 is 17.7 Å². The number of aryl methyl sites for hydroxylation is 2. The second-order valence-electron chi connectivity index (χ2n) is 8.99. The molecule has 0 aliphatic carbocycles. The molecule has 0 atom stereocenters. The van der Waals surface area contributed by atoms with Crippen LogP contribution in [0.15, 0.2) is 60.9 Å². The molecule has 2 aliphatic rings. The summed E-state index contributed by atoms with van der Waals surface area (Å²) in [4.78, 5) is 29.1. The number of nitrogens with zero attached hydrogens (tertiary/aromatic N) is 4. The molecular formula is C28H20Cl2N4O5. The van der Waals surface area contributed by atoms with Crippen molar-refractivity contribution < 1.29 is 28.7 Å². The number of carbonyl (C=O) groups excluding carboxylic acids is 2. The highest BCUT2D eigenvalue weighted by Crippen LogP contribution is 2.42. The van der Waals surface area contributed by atoms with Crippen LogP contribution in [0.25, 0.3) is 17.0 Å². The van der Waals surface area contributed by atoms with E-state index in [4.69, 9.17) is 32.7 Å². The van der Waals surface area contributed by atoms with Gasteiger partial charge in [0, 0.05) is 23.3 Å². The topological polar surface area (TPSA) is 101 Å². The van der Waals surface area contributed by atoms with Crippen LogP contribution in [-0.2, 0) is 16.0 Å². The number of anilines is 1. The van der Waals surface area contributed by atoms with Gasteiger partial charge in [0.1, 0.15) is 5.57 Å². The first-order valence-electron chi connectivity index (χ1n) is 12.0. The zero-order valence-corrected chi connectivity index (χ0v) is 22.3. The molecule has 196 valence electrons. The summed E-state index contributed by atoms with van der Waals surface area (Å²) < 4.78 is 13.6. The number of aromatic nitrogens is 3. The Morgan fingerprint density at radius 3 is 2.51 bits per heavy atom. The van der Waals surface area contributed by atoms with Crippen LogP contribution in [0.2, 0.25) is 10.0 Å². The van der Waals surface area contributed by atoms with Gasteiger partial charge >= 0.3 is 5.91 Å². The zero-order valence-electron chi connectivity index (χ0n) is 20.8. The van der Waals surface area contributed by atoms with Gasteiger partial charge in [-0.3, -0.25) is 9.59 Å². The van der Waals surface area contributed by atoms with Crippen LogP contribution in [0.4, 0.5) is 5.69 Å². The molecule has 0 spiro atoms. The van der Waals surface area contributed by atoms with Crippen molar-refractivity contribution in [2.75, 3.05) is 11.7 Å². The van der Waals surface area contributed by atoms with E-state index in [9.17, 15) is 14.7 Å². The maximum atomic E-state index is 14.1. The van der Waals surface area contributed by atoms with Gasteiger partial charge in [0.2, 0.25) is 6.79 Å². The fourth-order valence-corrected chi connectivity index (χ4v) is 5.00.